The van der Waals surface area contributed by atoms with E-state index in [1.165, 1.54) is 25.3 Å². The van der Waals surface area contributed by atoms with Crippen LogP contribution in [0.1, 0.15) is 35.2 Å². The quantitative estimate of drug-likeness (QED) is 0.808. The topological polar surface area (TPSA) is 61.9 Å². The van der Waals surface area contributed by atoms with Gasteiger partial charge in [0.15, 0.2) is 17.3 Å². The molecule has 0 aliphatic carbocycles. The van der Waals surface area contributed by atoms with Crippen molar-refractivity contribution in [2.45, 2.75) is 31.3 Å². The summed E-state index contributed by atoms with van der Waals surface area (Å²) in [5.74, 6) is -0.788. The summed E-state index contributed by atoms with van der Waals surface area (Å²) in [5, 5.41) is 2.86. The van der Waals surface area contributed by atoms with E-state index in [1.807, 2.05) is 7.05 Å². The lowest BCUT2D eigenvalue weighted by molar-refractivity contribution is 0.0890. The van der Waals surface area contributed by atoms with Crippen molar-refractivity contribution in [1.29, 1.82) is 0 Å². The smallest absolute Gasteiger partial charge is 0.317 e. The van der Waals surface area contributed by atoms with Crippen molar-refractivity contribution in [2.24, 2.45) is 0 Å². The Balaban J connectivity index is 1.38. The van der Waals surface area contributed by atoms with Crippen LogP contribution < -0.4 is 15.0 Å². The SMILES string of the molecule is COc1cc(CNC(=O)N2CCC3(CC2)CC(=O)c2cc(F)ccc2N3C)ccc1F. The van der Waals surface area contributed by atoms with E-state index in [2.05, 4.69) is 10.2 Å². The first-order chi connectivity index (χ1) is 14.8. The number of piperidine rings is 1. The van der Waals surface area contributed by atoms with Gasteiger partial charge in [0, 0.05) is 44.4 Å². The number of anilines is 1. The van der Waals surface area contributed by atoms with Crippen LogP contribution in [0.2, 0.25) is 0 Å². The van der Waals surface area contributed by atoms with Crippen molar-refractivity contribution < 1.29 is 23.1 Å². The Kier molecular flexibility index (Phi) is 5.56. The summed E-state index contributed by atoms with van der Waals surface area (Å²) in [6, 6.07) is 8.59. The molecule has 1 fully saturated rings. The minimum Gasteiger partial charge on any atom is -0.494 e. The largest absolute Gasteiger partial charge is 0.494 e. The number of Topliss-reactive ketones (excluding diaryl/α,β-unsaturated/α-hetero) is 1. The number of nitrogens with one attached hydrogen (secondary N) is 1. The number of likely N-dealkylation sites (tertiary alicyclic amines) is 1. The first kappa shape index (κ1) is 21.1. The van der Waals surface area contributed by atoms with E-state index in [0.717, 1.165) is 11.3 Å². The molecule has 2 heterocycles. The third-order valence-electron chi connectivity index (χ3n) is 6.46. The molecule has 2 aromatic rings. The molecule has 31 heavy (non-hydrogen) atoms. The van der Waals surface area contributed by atoms with Crippen LogP contribution in [0.15, 0.2) is 36.4 Å². The number of benzene rings is 2. The number of halogens is 2. The van der Waals surface area contributed by atoms with Gasteiger partial charge in [-0.3, -0.25) is 4.79 Å². The van der Waals surface area contributed by atoms with Crippen molar-refractivity contribution in [1.82, 2.24) is 10.2 Å². The number of urea groups is 1. The molecule has 2 amide bonds. The van der Waals surface area contributed by atoms with Crippen molar-refractivity contribution in [3.63, 3.8) is 0 Å². The molecule has 6 nitrogen and oxygen atoms in total. The van der Waals surface area contributed by atoms with Gasteiger partial charge in [0.05, 0.1) is 12.6 Å². The van der Waals surface area contributed by atoms with E-state index in [0.29, 0.717) is 37.9 Å². The van der Waals surface area contributed by atoms with Crippen LogP contribution in [0.25, 0.3) is 0 Å². The second-order valence-electron chi connectivity index (χ2n) is 8.16. The maximum Gasteiger partial charge on any atom is 0.317 e. The van der Waals surface area contributed by atoms with Crippen LogP contribution in [0.5, 0.6) is 5.75 Å². The number of fused-ring (bicyclic) bond motifs is 1. The summed E-state index contributed by atoms with van der Waals surface area (Å²) in [7, 11) is 3.33. The second-order valence-corrected chi connectivity index (χ2v) is 8.16. The highest BCUT2D eigenvalue weighted by Gasteiger charge is 2.45. The lowest BCUT2D eigenvalue weighted by Crippen LogP contribution is -2.59. The molecule has 1 saturated heterocycles. The Labute approximate surface area is 179 Å². The maximum absolute atomic E-state index is 13.6. The van der Waals surface area contributed by atoms with Crippen LogP contribution >= 0.6 is 0 Å². The summed E-state index contributed by atoms with van der Waals surface area (Å²) in [6.45, 7) is 1.27. The number of hydrogen-bond donors (Lipinski definition) is 1. The lowest BCUT2D eigenvalue weighted by Gasteiger charge is -2.50. The van der Waals surface area contributed by atoms with Crippen molar-refractivity contribution in [3.05, 3.63) is 59.2 Å². The molecule has 1 N–H and O–H groups in total. The van der Waals surface area contributed by atoms with Crippen molar-refractivity contribution in [3.8, 4) is 5.75 Å². The molecule has 8 heteroatoms. The van der Waals surface area contributed by atoms with Gasteiger partial charge >= 0.3 is 6.03 Å². The molecular formula is C23H25F2N3O3. The Morgan fingerprint density at radius 1 is 1.16 bits per heavy atom. The number of carbonyl (C=O) groups excluding carboxylic acids is 2. The number of rotatable bonds is 3. The highest BCUT2D eigenvalue weighted by atomic mass is 19.1. The minimum atomic E-state index is -0.450. The fraction of sp³-hybridized carbons (Fsp3) is 0.391. The molecule has 0 bridgehead atoms. The highest BCUT2D eigenvalue weighted by molar-refractivity contribution is 6.04. The Morgan fingerprint density at radius 3 is 2.61 bits per heavy atom. The summed E-state index contributed by atoms with van der Waals surface area (Å²) in [6.07, 6.45) is 1.60. The number of ketones is 1. The molecule has 2 aliphatic rings. The van der Waals surface area contributed by atoms with Gasteiger partial charge in [-0.1, -0.05) is 6.07 Å². The molecule has 0 radical (unpaired) electrons. The molecule has 2 aromatic carbocycles. The molecule has 0 aromatic heterocycles. The Hall–Kier alpha value is -3.16. The summed E-state index contributed by atoms with van der Waals surface area (Å²) >= 11 is 0. The van der Waals surface area contributed by atoms with Gasteiger partial charge in [0.25, 0.3) is 0 Å². The molecule has 0 unspecified atom stereocenters. The fourth-order valence-electron chi connectivity index (χ4n) is 4.53. The standard InChI is InChI=1S/C23H25F2N3O3/c1-27-19-6-4-16(24)12-17(19)20(29)13-23(27)7-9-28(10-8-23)22(30)26-14-15-3-5-18(25)21(11-15)31-2/h3-6,11-12H,7-10,13-14H2,1-2H3,(H,26,30). The van der Waals surface area contributed by atoms with Crippen LogP contribution in [0.4, 0.5) is 19.3 Å². The molecule has 0 atom stereocenters. The van der Waals surface area contributed by atoms with Gasteiger partial charge in [0.2, 0.25) is 0 Å². The van der Waals surface area contributed by atoms with Crippen molar-refractivity contribution in [2.75, 3.05) is 32.1 Å². The van der Waals surface area contributed by atoms with Crippen LogP contribution in [0.3, 0.4) is 0 Å². The number of ether oxygens (including phenoxy) is 1. The van der Waals surface area contributed by atoms with E-state index in [1.54, 1.807) is 23.1 Å². The lowest BCUT2D eigenvalue weighted by atomic mass is 9.77. The normalized spacial score (nSPS) is 17.5. The highest BCUT2D eigenvalue weighted by Crippen LogP contribution is 2.41. The molecular weight excluding hydrogens is 404 g/mol. The van der Waals surface area contributed by atoms with Crippen LogP contribution in [-0.2, 0) is 6.54 Å². The zero-order valence-corrected chi connectivity index (χ0v) is 17.6. The predicted octanol–water partition coefficient (Wildman–Crippen LogP) is 3.74. The first-order valence-electron chi connectivity index (χ1n) is 10.2. The van der Waals surface area contributed by atoms with Gasteiger partial charge in [-0.15, -0.1) is 0 Å². The van der Waals surface area contributed by atoms with Gasteiger partial charge in [-0.05, 0) is 48.7 Å². The summed E-state index contributed by atoms with van der Waals surface area (Å²) < 4.78 is 32.1. The second kappa shape index (κ2) is 8.17. The van der Waals surface area contributed by atoms with Gasteiger partial charge in [0.1, 0.15) is 5.82 Å². The van der Waals surface area contributed by atoms with Gasteiger partial charge < -0.3 is 19.9 Å². The number of methoxy groups -OCH3 is 1. The van der Waals surface area contributed by atoms with E-state index in [-0.39, 0.29) is 29.6 Å². The number of hydrogen-bond acceptors (Lipinski definition) is 4. The number of nitrogens with zero attached hydrogens (tertiary/aromatic N) is 2. The zero-order chi connectivity index (χ0) is 22.2. The predicted molar refractivity (Wildman–Crippen MR) is 112 cm³/mol. The first-order valence-corrected chi connectivity index (χ1v) is 10.2. The summed E-state index contributed by atoms with van der Waals surface area (Å²) in [5.41, 5.74) is 1.52. The van der Waals surface area contributed by atoms with Crippen molar-refractivity contribution >= 4 is 17.5 Å². The Bertz CT molecular complexity index is 1020. The summed E-state index contributed by atoms with van der Waals surface area (Å²) in [4.78, 5) is 29.1. The molecule has 0 saturated carbocycles. The van der Waals surface area contributed by atoms with Crippen LogP contribution in [-0.4, -0.2) is 49.5 Å². The Morgan fingerprint density at radius 2 is 1.90 bits per heavy atom. The monoisotopic (exact) mass is 429 g/mol. The maximum atomic E-state index is 13.6. The van der Waals surface area contributed by atoms with Gasteiger partial charge in [-0.2, -0.15) is 0 Å². The van der Waals surface area contributed by atoms with E-state index >= 15 is 0 Å². The average molecular weight is 429 g/mol. The van der Waals surface area contributed by atoms with E-state index in [4.69, 9.17) is 4.74 Å². The zero-order valence-electron chi connectivity index (χ0n) is 17.6. The van der Waals surface area contributed by atoms with E-state index < -0.39 is 11.6 Å². The third kappa shape index (κ3) is 3.94. The van der Waals surface area contributed by atoms with E-state index in [9.17, 15) is 18.4 Å². The molecule has 164 valence electrons. The minimum absolute atomic E-state index is 0.0595. The molecule has 2 aliphatic heterocycles. The van der Waals surface area contributed by atoms with Gasteiger partial charge in [-0.25, -0.2) is 13.6 Å². The van der Waals surface area contributed by atoms with Crippen LogP contribution in [0, 0.1) is 11.6 Å². The molecule has 1 spiro atoms. The fourth-order valence-corrected chi connectivity index (χ4v) is 4.53. The average Bonchev–Trinajstić information content (AvgIpc) is 2.77. The third-order valence-corrected chi connectivity index (χ3v) is 6.46. The molecule has 4 rings (SSSR count). The number of carbonyl (C=O) groups is 2. The number of amides is 2.